The lowest BCUT2D eigenvalue weighted by Crippen LogP contribution is -2.14. The van der Waals surface area contributed by atoms with Gasteiger partial charge in [-0.05, 0) is 72.8 Å². The molecule has 4 aromatic rings. The highest BCUT2D eigenvalue weighted by Crippen LogP contribution is 2.24. The van der Waals surface area contributed by atoms with Gasteiger partial charge >= 0.3 is 17.9 Å². The van der Waals surface area contributed by atoms with Crippen molar-refractivity contribution in [2.75, 3.05) is 13.2 Å². The molecule has 0 amide bonds. The quantitative estimate of drug-likeness (QED) is 0.0501. The zero-order chi connectivity index (χ0) is 30.6. The van der Waals surface area contributed by atoms with Crippen molar-refractivity contribution in [3.63, 3.8) is 0 Å². The van der Waals surface area contributed by atoms with Crippen LogP contribution in [-0.4, -0.2) is 41.3 Å². The summed E-state index contributed by atoms with van der Waals surface area (Å²) in [5.41, 5.74) is -0.229. The van der Waals surface area contributed by atoms with Crippen molar-refractivity contribution in [2.24, 2.45) is 0 Å². The molecule has 0 heterocycles. The van der Waals surface area contributed by atoms with E-state index in [0.717, 1.165) is 0 Å². The first kappa shape index (κ1) is 30.0. The molecule has 218 valence electrons. The van der Waals surface area contributed by atoms with E-state index in [1.165, 1.54) is 60.7 Å². The summed E-state index contributed by atoms with van der Waals surface area (Å²) in [4.78, 5) is 46.4. The van der Waals surface area contributed by atoms with Gasteiger partial charge in [-0.2, -0.15) is 4.89 Å². The molecule has 0 bridgehead atoms. The molecule has 4 aromatic carbocycles. The average molecular weight is 585 g/mol. The minimum absolute atomic E-state index is 0.0104. The van der Waals surface area contributed by atoms with Crippen molar-refractivity contribution < 1.29 is 53.3 Å². The van der Waals surface area contributed by atoms with Crippen LogP contribution in [0.3, 0.4) is 0 Å². The maximum atomic E-state index is 12.7. The second-order valence-corrected chi connectivity index (χ2v) is 8.57. The van der Waals surface area contributed by atoms with Crippen molar-refractivity contribution in [3.8, 4) is 41.3 Å². The van der Waals surface area contributed by atoms with Gasteiger partial charge in [-0.15, -0.1) is 0 Å². The van der Waals surface area contributed by atoms with Crippen molar-refractivity contribution in [3.05, 3.63) is 113 Å². The summed E-state index contributed by atoms with van der Waals surface area (Å²) >= 11 is 0. The Labute approximate surface area is 245 Å². The molecule has 0 saturated heterocycles. The first-order valence-electron chi connectivity index (χ1n) is 12.6. The molecule has 11 heteroatoms. The molecule has 43 heavy (non-hydrogen) atoms. The van der Waals surface area contributed by atoms with Crippen molar-refractivity contribution >= 4 is 17.9 Å². The van der Waals surface area contributed by atoms with Crippen LogP contribution in [0, 0.1) is 12.5 Å². The SMILES string of the molecule is C#COc1ccc(C(=O)O)c(C(=O)Oc2ccc(OOCc3cc(OCCOc4ccccc4)ccc3C(=O)O)cc2)c1. The summed E-state index contributed by atoms with van der Waals surface area (Å²) in [5.74, 6) is -1.89. The van der Waals surface area contributed by atoms with E-state index in [1.54, 1.807) is 0 Å². The molecule has 0 atom stereocenters. The highest BCUT2D eigenvalue weighted by Gasteiger charge is 2.20. The fraction of sp³-hybridized carbons (Fsp3) is 0.0938. The molecule has 0 spiro atoms. The van der Waals surface area contributed by atoms with Crippen LogP contribution >= 0.6 is 0 Å². The molecule has 0 unspecified atom stereocenters. The number of hydrogen-bond donors (Lipinski definition) is 2. The van der Waals surface area contributed by atoms with E-state index >= 15 is 0 Å². The number of terminal acetylenes is 1. The third-order valence-corrected chi connectivity index (χ3v) is 5.69. The van der Waals surface area contributed by atoms with Crippen LogP contribution in [0.1, 0.15) is 36.6 Å². The van der Waals surface area contributed by atoms with Gasteiger partial charge in [0.2, 0.25) is 0 Å². The second kappa shape index (κ2) is 14.6. The van der Waals surface area contributed by atoms with Crippen LogP contribution in [0.25, 0.3) is 0 Å². The monoisotopic (exact) mass is 584 g/mol. The lowest BCUT2D eigenvalue weighted by Gasteiger charge is -2.12. The van der Waals surface area contributed by atoms with Gasteiger partial charge in [0.25, 0.3) is 0 Å². The first-order valence-corrected chi connectivity index (χ1v) is 12.6. The van der Waals surface area contributed by atoms with E-state index in [1.807, 2.05) is 36.4 Å². The number of hydrogen-bond acceptors (Lipinski definition) is 9. The van der Waals surface area contributed by atoms with Crippen LogP contribution in [0.15, 0.2) is 91.0 Å². The topological polar surface area (TPSA) is 147 Å². The van der Waals surface area contributed by atoms with Crippen LogP contribution in [0.2, 0.25) is 0 Å². The van der Waals surface area contributed by atoms with Gasteiger partial charge in [-0.3, -0.25) is 0 Å². The molecule has 11 nitrogen and oxygen atoms in total. The number of benzene rings is 4. The zero-order valence-electron chi connectivity index (χ0n) is 22.4. The van der Waals surface area contributed by atoms with Gasteiger partial charge in [-0.25, -0.2) is 14.4 Å². The normalized spacial score (nSPS) is 10.2. The molecular formula is C32H24O11. The number of aromatic carboxylic acids is 2. The van der Waals surface area contributed by atoms with Gasteiger partial charge < -0.3 is 34.0 Å². The maximum Gasteiger partial charge on any atom is 0.344 e. The number of carbonyl (C=O) groups excluding carboxylic acids is 1. The van der Waals surface area contributed by atoms with Crippen molar-refractivity contribution in [2.45, 2.75) is 6.61 Å². The van der Waals surface area contributed by atoms with E-state index in [9.17, 15) is 24.6 Å². The minimum Gasteiger partial charge on any atom is -0.490 e. The largest absolute Gasteiger partial charge is 0.490 e. The molecule has 0 saturated carbocycles. The summed E-state index contributed by atoms with van der Waals surface area (Å²) in [5, 5.41) is 18.9. The Bertz CT molecular complexity index is 1620. The van der Waals surface area contributed by atoms with E-state index in [0.29, 0.717) is 17.1 Å². The summed E-state index contributed by atoms with van der Waals surface area (Å²) < 4.78 is 21.4. The fourth-order valence-electron chi connectivity index (χ4n) is 3.72. The highest BCUT2D eigenvalue weighted by atomic mass is 17.2. The molecule has 0 radical (unpaired) electrons. The molecule has 4 rings (SSSR count). The number of carboxylic acids is 2. The van der Waals surface area contributed by atoms with Gasteiger partial charge in [0.05, 0.1) is 16.7 Å². The summed E-state index contributed by atoms with van der Waals surface area (Å²) in [6, 6.07) is 23.0. The lowest BCUT2D eigenvalue weighted by atomic mass is 10.1. The Kier molecular flexibility index (Phi) is 10.2. The number of rotatable bonds is 14. The summed E-state index contributed by atoms with van der Waals surface area (Å²) in [7, 11) is 0. The van der Waals surface area contributed by atoms with Gasteiger partial charge in [0.1, 0.15) is 48.9 Å². The minimum atomic E-state index is -1.33. The third-order valence-electron chi connectivity index (χ3n) is 5.69. The van der Waals surface area contributed by atoms with Crippen molar-refractivity contribution in [1.29, 1.82) is 0 Å². The fourth-order valence-corrected chi connectivity index (χ4v) is 3.72. The Morgan fingerprint density at radius 3 is 1.93 bits per heavy atom. The number of ether oxygens (including phenoxy) is 4. The summed E-state index contributed by atoms with van der Waals surface area (Å²) in [6.07, 6.45) is 7.04. The number of carbonyl (C=O) groups is 3. The van der Waals surface area contributed by atoms with E-state index < -0.39 is 17.9 Å². The van der Waals surface area contributed by atoms with Crippen molar-refractivity contribution in [1.82, 2.24) is 0 Å². The van der Waals surface area contributed by atoms with E-state index in [2.05, 4.69) is 0 Å². The van der Waals surface area contributed by atoms with Crippen LogP contribution in [0.4, 0.5) is 0 Å². The standard InChI is InChI=1S/C32H24O11/c1-2-38-26-13-15-28(31(35)36)29(19-26)32(37)42-23-8-10-24(11-9-23)43-41-20-21-18-25(12-14-27(21)30(33)34)40-17-16-39-22-6-4-3-5-7-22/h1,3-15,18-19H,16-17,20H2,(H,33,34)(H,35,36). The zero-order valence-corrected chi connectivity index (χ0v) is 22.4. The van der Waals surface area contributed by atoms with E-state index in [4.69, 9.17) is 35.1 Å². The Balaban J connectivity index is 1.32. The average Bonchev–Trinajstić information content (AvgIpc) is 3.00. The summed E-state index contributed by atoms with van der Waals surface area (Å²) in [6.45, 7) is 0.305. The molecule has 0 aliphatic carbocycles. The van der Waals surface area contributed by atoms with Gasteiger partial charge in [0.15, 0.2) is 5.75 Å². The number of esters is 1. The third kappa shape index (κ3) is 8.50. The predicted molar refractivity (Wildman–Crippen MR) is 151 cm³/mol. The van der Waals surface area contributed by atoms with Crippen LogP contribution < -0.4 is 23.8 Å². The number of carboxylic acid groups (broad SMARTS) is 2. The molecule has 0 aromatic heterocycles. The molecule has 2 N–H and O–H groups in total. The van der Waals surface area contributed by atoms with Gasteiger partial charge in [-0.1, -0.05) is 24.6 Å². The van der Waals surface area contributed by atoms with Gasteiger partial charge in [0, 0.05) is 5.56 Å². The van der Waals surface area contributed by atoms with Crippen LogP contribution in [-0.2, 0) is 11.5 Å². The molecule has 0 fully saturated rings. The molecule has 0 aliphatic rings. The predicted octanol–water partition coefficient (Wildman–Crippen LogP) is 5.24. The Morgan fingerprint density at radius 2 is 1.26 bits per heavy atom. The number of para-hydroxylation sites is 1. The first-order chi connectivity index (χ1) is 20.8. The van der Waals surface area contributed by atoms with Crippen LogP contribution in [0.5, 0.6) is 28.7 Å². The Hall–Kier alpha value is -5.99. The smallest absolute Gasteiger partial charge is 0.344 e. The molecule has 0 aliphatic heterocycles. The highest BCUT2D eigenvalue weighted by molar-refractivity contribution is 6.03. The second-order valence-electron chi connectivity index (χ2n) is 8.57. The lowest BCUT2D eigenvalue weighted by molar-refractivity contribution is -0.217. The molecular weight excluding hydrogens is 560 g/mol. The van der Waals surface area contributed by atoms with E-state index in [-0.39, 0.29) is 53.8 Å². The Morgan fingerprint density at radius 1 is 0.651 bits per heavy atom. The maximum absolute atomic E-state index is 12.7.